The van der Waals surface area contributed by atoms with Crippen LogP contribution < -0.4 is 20.9 Å². The molecule has 0 unspecified atom stereocenters. The molecule has 1 aromatic carbocycles. The van der Waals surface area contributed by atoms with Gasteiger partial charge in [0.2, 0.25) is 5.95 Å². The van der Waals surface area contributed by atoms with Gasteiger partial charge in [-0.3, -0.25) is 13.9 Å². The second-order valence-corrected chi connectivity index (χ2v) is 7.72. The Bertz CT molecular complexity index is 1300. The van der Waals surface area contributed by atoms with Gasteiger partial charge in [-0.25, -0.2) is 4.79 Å². The molecule has 11 heteroatoms. The summed E-state index contributed by atoms with van der Waals surface area (Å²) in [5.74, 6) is 1.16. The summed E-state index contributed by atoms with van der Waals surface area (Å²) >= 11 is 0. The van der Waals surface area contributed by atoms with Crippen molar-refractivity contribution in [2.75, 3.05) is 32.2 Å². The first-order chi connectivity index (χ1) is 15.4. The smallest absolute Gasteiger partial charge is 0.332 e. The third-order valence-electron chi connectivity index (χ3n) is 5.64. The van der Waals surface area contributed by atoms with E-state index in [2.05, 4.69) is 10.1 Å². The lowest BCUT2D eigenvalue weighted by Gasteiger charge is -2.20. The molecule has 1 aliphatic heterocycles. The number of aryl methyl sites for hydroxylation is 1. The van der Waals surface area contributed by atoms with E-state index >= 15 is 0 Å². The normalized spacial score (nSPS) is 15.7. The second-order valence-electron chi connectivity index (χ2n) is 7.72. The van der Waals surface area contributed by atoms with Crippen LogP contribution in [0, 0.1) is 0 Å². The maximum atomic E-state index is 13.0. The number of anilines is 1. The third kappa shape index (κ3) is 3.54. The quantitative estimate of drug-likeness (QED) is 0.550. The van der Waals surface area contributed by atoms with Gasteiger partial charge in [-0.05, 0) is 12.1 Å². The molecule has 1 atom stereocenters. The largest absolute Gasteiger partial charge is 0.496 e. The summed E-state index contributed by atoms with van der Waals surface area (Å²) in [6.07, 6.45) is 0.158. The number of ether oxygens (including phenoxy) is 1. The molecule has 4 rings (SSSR count). The van der Waals surface area contributed by atoms with Crippen molar-refractivity contribution in [1.29, 1.82) is 0 Å². The molecule has 0 fully saturated rings. The Balaban J connectivity index is 1.74. The fraction of sp³-hybridized carbons (Fsp3) is 0.429. The Hall–Kier alpha value is -3.60. The van der Waals surface area contributed by atoms with Crippen LogP contribution in [0.25, 0.3) is 11.2 Å². The monoisotopic (exact) mass is 442 g/mol. The van der Waals surface area contributed by atoms with Crippen LogP contribution in [0.4, 0.5) is 5.95 Å². The van der Waals surface area contributed by atoms with Crippen molar-refractivity contribution < 1.29 is 14.7 Å². The molecule has 0 aliphatic carbocycles. The van der Waals surface area contributed by atoms with Crippen LogP contribution >= 0.6 is 0 Å². The number of hydrogen-bond donors (Lipinski definition) is 1. The fourth-order valence-corrected chi connectivity index (χ4v) is 3.92. The van der Waals surface area contributed by atoms with Crippen LogP contribution in [0.1, 0.15) is 12.0 Å². The summed E-state index contributed by atoms with van der Waals surface area (Å²) in [6.45, 7) is 0.515. The van der Waals surface area contributed by atoms with Gasteiger partial charge in [0.1, 0.15) is 5.75 Å². The summed E-state index contributed by atoms with van der Waals surface area (Å²) in [6, 6.07) is 7.57. The van der Waals surface area contributed by atoms with Gasteiger partial charge in [-0.1, -0.05) is 17.3 Å². The van der Waals surface area contributed by atoms with Crippen LogP contribution in [-0.2, 0) is 25.5 Å². The maximum absolute atomic E-state index is 13.0. The molecule has 3 heterocycles. The van der Waals surface area contributed by atoms with E-state index in [1.165, 1.54) is 11.6 Å². The van der Waals surface area contributed by atoms with Crippen LogP contribution in [0.3, 0.4) is 0 Å². The maximum Gasteiger partial charge on any atom is 0.332 e. The van der Waals surface area contributed by atoms with E-state index < -0.39 is 11.2 Å². The van der Waals surface area contributed by atoms with Gasteiger partial charge in [-0.15, -0.1) is 0 Å². The summed E-state index contributed by atoms with van der Waals surface area (Å²) in [7, 11) is 6.39. The molecule has 32 heavy (non-hydrogen) atoms. The lowest BCUT2D eigenvalue weighted by Crippen LogP contribution is -2.38. The van der Waals surface area contributed by atoms with Gasteiger partial charge in [0.25, 0.3) is 5.56 Å². The molecular weight excluding hydrogens is 416 g/mol. The Labute approximate surface area is 183 Å². The number of aliphatic hydroxyl groups is 1. The fourth-order valence-electron chi connectivity index (χ4n) is 3.92. The van der Waals surface area contributed by atoms with Gasteiger partial charge < -0.3 is 24.1 Å². The molecular formula is C21H26N6O5. The number of fused-ring (bicyclic) bond motifs is 1. The van der Waals surface area contributed by atoms with Gasteiger partial charge in [0.05, 0.1) is 26.0 Å². The highest BCUT2D eigenvalue weighted by Crippen LogP contribution is 2.27. The molecule has 0 bridgehead atoms. The number of rotatable bonds is 7. The first-order valence-electron chi connectivity index (χ1n) is 10.2. The number of nitrogens with zero attached hydrogens (tertiary/aromatic N) is 6. The number of likely N-dealkylation sites (N-methyl/N-ethyl adjacent to an activating group) is 1. The lowest BCUT2D eigenvalue weighted by atomic mass is 10.0. The third-order valence-corrected chi connectivity index (χ3v) is 5.64. The van der Waals surface area contributed by atoms with E-state index in [9.17, 15) is 14.7 Å². The molecule has 170 valence electrons. The predicted octanol–water partition coefficient (Wildman–Crippen LogP) is 0.0640. The average Bonchev–Trinajstić information content (AvgIpc) is 3.42. The van der Waals surface area contributed by atoms with Crippen molar-refractivity contribution in [1.82, 2.24) is 18.7 Å². The molecule has 0 saturated carbocycles. The highest BCUT2D eigenvalue weighted by molar-refractivity contribution is 6.03. The Morgan fingerprint density at radius 3 is 2.72 bits per heavy atom. The van der Waals surface area contributed by atoms with E-state index in [0.717, 1.165) is 15.8 Å². The standard InChI is InChI=1S/C21H26N6O5/c1-24(9-10-28)20-22-18-17(19(29)26(3)21(30)25(18)2)27(20)12-13-11-15(23-32-13)14-7-5-6-8-16(14)31-4/h5-8,13,28H,9-12H2,1-4H3/t13-/m1/s1. The van der Waals surface area contributed by atoms with E-state index in [-0.39, 0.29) is 24.9 Å². The zero-order chi connectivity index (χ0) is 23.0. The van der Waals surface area contributed by atoms with Crippen molar-refractivity contribution in [3.63, 3.8) is 0 Å². The van der Waals surface area contributed by atoms with Crippen molar-refractivity contribution in [2.45, 2.75) is 19.1 Å². The van der Waals surface area contributed by atoms with E-state index in [0.29, 0.717) is 30.2 Å². The summed E-state index contributed by atoms with van der Waals surface area (Å²) in [5, 5.41) is 13.7. The molecule has 0 spiro atoms. The topological polar surface area (TPSA) is 116 Å². The van der Waals surface area contributed by atoms with Crippen molar-refractivity contribution in [2.24, 2.45) is 19.3 Å². The highest BCUT2D eigenvalue weighted by atomic mass is 16.6. The first kappa shape index (κ1) is 21.6. The van der Waals surface area contributed by atoms with E-state index in [4.69, 9.17) is 9.57 Å². The lowest BCUT2D eigenvalue weighted by molar-refractivity contribution is 0.0735. The number of methoxy groups -OCH3 is 1. The minimum absolute atomic E-state index is 0.0857. The summed E-state index contributed by atoms with van der Waals surface area (Å²) < 4.78 is 9.56. The first-order valence-corrected chi connectivity index (χ1v) is 10.2. The molecule has 0 radical (unpaired) electrons. The minimum Gasteiger partial charge on any atom is -0.496 e. The minimum atomic E-state index is -0.456. The Kier molecular flexibility index (Phi) is 5.74. The SMILES string of the molecule is COc1ccccc1C1=NO[C@@H](Cn2c(N(C)CCO)nc3c2c(=O)n(C)c(=O)n3C)C1. The second kappa shape index (κ2) is 8.50. The predicted molar refractivity (Wildman–Crippen MR) is 120 cm³/mol. The molecule has 0 saturated heterocycles. The van der Waals surface area contributed by atoms with E-state index in [1.54, 1.807) is 30.7 Å². The molecule has 11 nitrogen and oxygen atoms in total. The number of aliphatic hydroxyl groups excluding tert-OH is 1. The van der Waals surface area contributed by atoms with E-state index in [1.807, 2.05) is 24.3 Å². The zero-order valence-corrected chi connectivity index (χ0v) is 18.5. The van der Waals surface area contributed by atoms with Gasteiger partial charge in [-0.2, -0.15) is 4.98 Å². The summed E-state index contributed by atoms with van der Waals surface area (Å²) in [5.41, 5.74) is 1.28. The van der Waals surface area contributed by atoms with Crippen molar-refractivity contribution in [3.05, 3.63) is 50.7 Å². The van der Waals surface area contributed by atoms with Crippen LogP contribution in [0.15, 0.2) is 39.0 Å². The molecule has 1 N–H and O–H groups in total. The molecule has 0 amide bonds. The average molecular weight is 442 g/mol. The molecule has 1 aliphatic rings. The number of benzene rings is 1. The van der Waals surface area contributed by atoms with Crippen molar-refractivity contribution >= 4 is 22.8 Å². The van der Waals surface area contributed by atoms with Gasteiger partial charge in [0.15, 0.2) is 17.3 Å². The van der Waals surface area contributed by atoms with Gasteiger partial charge >= 0.3 is 5.69 Å². The van der Waals surface area contributed by atoms with Crippen molar-refractivity contribution in [3.8, 4) is 5.75 Å². The summed E-state index contributed by atoms with van der Waals surface area (Å²) in [4.78, 5) is 37.4. The number of imidazole rings is 1. The molecule has 3 aromatic rings. The van der Waals surface area contributed by atoms with Gasteiger partial charge in [0, 0.05) is 39.7 Å². The van der Waals surface area contributed by atoms with Crippen LogP contribution in [0.5, 0.6) is 5.75 Å². The number of para-hydroxylation sites is 1. The number of aromatic nitrogens is 4. The Morgan fingerprint density at radius 1 is 1.25 bits per heavy atom. The Morgan fingerprint density at radius 2 is 2.00 bits per heavy atom. The zero-order valence-electron chi connectivity index (χ0n) is 18.5. The highest BCUT2D eigenvalue weighted by Gasteiger charge is 2.28. The van der Waals surface area contributed by atoms with Crippen LogP contribution in [0.2, 0.25) is 0 Å². The number of hydrogen-bond acceptors (Lipinski definition) is 8. The number of oxime groups is 1. The van der Waals surface area contributed by atoms with Crippen LogP contribution in [-0.4, -0.2) is 62.9 Å². The molecule has 2 aromatic heterocycles.